The standard InChI is InChI=1S/C18H17BrN4O4S/c1-11-4-5-13(18-22-20-10-27-18)8-15(11)21-17(24)12-6-7-14(19)16(9-12)28(25,26)23(2)3/h4-10H,1-3H3,(H,21,24). The maximum Gasteiger partial charge on any atom is 0.255 e. The Morgan fingerprint density at radius 1 is 1.18 bits per heavy atom. The van der Waals surface area contributed by atoms with E-state index in [9.17, 15) is 13.2 Å². The van der Waals surface area contributed by atoms with Crippen LogP contribution in [0, 0.1) is 6.92 Å². The van der Waals surface area contributed by atoms with E-state index in [0.717, 1.165) is 9.87 Å². The SMILES string of the molecule is Cc1ccc(-c2nnco2)cc1NC(=O)c1ccc(Br)c(S(=O)(=O)N(C)C)c1. The molecule has 3 rings (SSSR count). The van der Waals surface area contributed by atoms with Crippen LogP contribution in [0.25, 0.3) is 11.5 Å². The van der Waals surface area contributed by atoms with Crippen LogP contribution in [-0.2, 0) is 10.0 Å². The van der Waals surface area contributed by atoms with Gasteiger partial charge in [-0.1, -0.05) is 6.07 Å². The van der Waals surface area contributed by atoms with Crippen LogP contribution in [0.1, 0.15) is 15.9 Å². The van der Waals surface area contributed by atoms with Crippen molar-refractivity contribution >= 4 is 37.5 Å². The van der Waals surface area contributed by atoms with Crippen molar-refractivity contribution in [1.29, 1.82) is 0 Å². The predicted octanol–water partition coefficient (Wildman–Crippen LogP) is 3.31. The first-order chi connectivity index (χ1) is 13.2. The number of carbonyl (C=O) groups is 1. The van der Waals surface area contributed by atoms with Crippen LogP contribution >= 0.6 is 15.9 Å². The van der Waals surface area contributed by atoms with Crippen LogP contribution in [0.2, 0.25) is 0 Å². The van der Waals surface area contributed by atoms with Gasteiger partial charge in [-0.25, -0.2) is 12.7 Å². The lowest BCUT2D eigenvalue weighted by molar-refractivity contribution is 0.102. The largest absolute Gasteiger partial charge is 0.423 e. The molecule has 146 valence electrons. The van der Waals surface area contributed by atoms with E-state index in [1.807, 2.05) is 13.0 Å². The first kappa shape index (κ1) is 20.2. The van der Waals surface area contributed by atoms with Crippen LogP contribution in [0.15, 0.2) is 56.6 Å². The fraction of sp³-hybridized carbons (Fsp3) is 0.167. The molecule has 0 saturated carbocycles. The van der Waals surface area contributed by atoms with Gasteiger partial charge in [0.05, 0.1) is 4.90 Å². The zero-order valence-corrected chi connectivity index (χ0v) is 17.7. The Labute approximate surface area is 170 Å². The lowest BCUT2D eigenvalue weighted by Gasteiger charge is -2.14. The molecule has 1 aromatic heterocycles. The molecule has 1 N–H and O–H groups in total. The lowest BCUT2D eigenvalue weighted by Crippen LogP contribution is -2.23. The summed E-state index contributed by atoms with van der Waals surface area (Å²) in [5.41, 5.74) is 2.26. The molecular weight excluding hydrogens is 448 g/mol. The minimum Gasteiger partial charge on any atom is -0.423 e. The van der Waals surface area contributed by atoms with E-state index in [1.54, 1.807) is 18.2 Å². The van der Waals surface area contributed by atoms with Gasteiger partial charge in [0.2, 0.25) is 22.3 Å². The van der Waals surface area contributed by atoms with Gasteiger partial charge in [0, 0.05) is 35.4 Å². The zero-order valence-electron chi connectivity index (χ0n) is 15.3. The molecule has 0 bridgehead atoms. The van der Waals surface area contributed by atoms with E-state index < -0.39 is 15.9 Å². The Hall–Kier alpha value is -2.56. The number of sulfonamides is 1. The Morgan fingerprint density at radius 2 is 1.93 bits per heavy atom. The van der Waals surface area contributed by atoms with Gasteiger partial charge in [-0.15, -0.1) is 10.2 Å². The third-order valence-electron chi connectivity index (χ3n) is 4.04. The number of rotatable bonds is 5. The highest BCUT2D eigenvalue weighted by Crippen LogP contribution is 2.27. The molecule has 0 unspecified atom stereocenters. The highest BCUT2D eigenvalue weighted by atomic mass is 79.9. The van der Waals surface area contributed by atoms with Crippen molar-refractivity contribution in [2.24, 2.45) is 0 Å². The molecule has 1 heterocycles. The van der Waals surface area contributed by atoms with Crippen molar-refractivity contribution in [1.82, 2.24) is 14.5 Å². The number of nitrogens with one attached hydrogen (secondary N) is 1. The van der Waals surface area contributed by atoms with Crippen molar-refractivity contribution in [3.05, 3.63) is 58.4 Å². The van der Waals surface area contributed by atoms with Crippen molar-refractivity contribution in [2.75, 3.05) is 19.4 Å². The summed E-state index contributed by atoms with van der Waals surface area (Å²) in [4.78, 5) is 12.8. The fourth-order valence-corrected chi connectivity index (χ4v) is 4.27. The normalized spacial score (nSPS) is 11.6. The average molecular weight is 465 g/mol. The molecular formula is C18H17BrN4O4S. The van der Waals surface area contributed by atoms with Crippen molar-refractivity contribution in [2.45, 2.75) is 11.8 Å². The number of nitrogens with zero attached hydrogens (tertiary/aromatic N) is 3. The minimum atomic E-state index is -3.70. The third kappa shape index (κ3) is 3.98. The Bertz CT molecular complexity index is 1130. The van der Waals surface area contributed by atoms with Gasteiger partial charge in [0.25, 0.3) is 5.91 Å². The monoisotopic (exact) mass is 464 g/mol. The fourth-order valence-electron chi connectivity index (χ4n) is 2.42. The molecule has 0 aliphatic carbocycles. The van der Waals surface area contributed by atoms with Crippen LogP contribution < -0.4 is 5.32 Å². The van der Waals surface area contributed by atoms with E-state index in [1.165, 1.54) is 32.6 Å². The number of hydrogen-bond acceptors (Lipinski definition) is 6. The summed E-state index contributed by atoms with van der Waals surface area (Å²) in [5, 5.41) is 10.3. The predicted molar refractivity (Wildman–Crippen MR) is 107 cm³/mol. The van der Waals surface area contributed by atoms with Crippen molar-refractivity contribution in [3.8, 4) is 11.5 Å². The summed E-state index contributed by atoms with van der Waals surface area (Å²) >= 11 is 3.23. The summed E-state index contributed by atoms with van der Waals surface area (Å²) in [6.07, 6.45) is 1.22. The second kappa shape index (κ2) is 7.82. The van der Waals surface area contributed by atoms with E-state index in [2.05, 4.69) is 31.4 Å². The van der Waals surface area contributed by atoms with Gasteiger partial charge < -0.3 is 9.73 Å². The van der Waals surface area contributed by atoms with E-state index in [-0.39, 0.29) is 10.5 Å². The quantitative estimate of drug-likeness (QED) is 0.620. The topological polar surface area (TPSA) is 105 Å². The van der Waals surface area contributed by atoms with Gasteiger partial charge in [-0.2, -0.15) is 0 Å². The number of carbonyl (C=O) groups excluding carboxylic acids is 1. The maximum absolute atomic E-state index is 12.7. The first-order valence-electron chi connectivity index (χ1n) is 8.11. The number of halogens is 1. The zero-order chi connectivity index (χ0) is 20.5. The molecule has 0 aliphatic heterocycles. The van der Waals surface area contributed by atoms with Gasteiger partial charge in [-0.05, 0) is 58.7 Å². The number of amides is 1. The van der Waals surface area contributed by atoms with Gasteiger partial charge in [-0.3, -0.25) is 4.79 Å². The van der Waals surface area contributed by atoms with Crippen LogP contribution in [0.4, 0.5) is 5.69 Å². The summed E-state index contributed by atoms with van der Waals surface area (Å²) in [5.74, 6) is -0.105. The molecule has 10 heteroatoms. The van der Waals surface area contributed by atoms with Gasteiger partial charge in [0.1, 0.15) is 0 Å². The smallest absolute Gasteiger partial charge is 0.255 e. The molecule has 0 aliphatic rings. The Balaban J connectivity index is 1.93. The van der Waals surface area contributed by atoms with Crippen molar-refractivity contribution < 1.29 is 17.6 Å². The minimum absolute atomic E-state index is 0.0153. The van der Waals surface area contributed by atoms with Crippen LogP contribution in [0.3, 0.4) is 0 Å². The molecule has 28 heavy (non-hydrogen) atoms. The molecule has 0 saturated heterocycles. The Morgan fingerprint density at radius 3 is 2.57 bits per heavy atom. The molecule has 0 fully saturated rings. The molecule has 0 radical (unpaired) electrons. The van der Waals surface area contributed by atoms with Crippen LogP contribution in [0.5, 0.6) is 0 Å². The van der Waals surface area contributed by atoms with E-state index in [4.69, 9.17) is 4.42 Å². The van der Waals surface area contributed by atoms with Crippen LogP contribution in [-0.4, -0.2) is 42.9 Å². The van der Waals surface area contributed by atoms with E-state index in [0.29, 0.717) is 21.6 Å². The third-order valence-corrected chi connectivity index (χ3v) is 6.85. The Kier molecular flexibility index (Phi) is 5.64. The highest BCUT2D eigenvalue weighted by molar-refractivity contribution is 9.10. The molecule has 8 nitrogen and oxygen atoms in total. The van der Waals surface area contributed by atoms with E-state index >= 15 is 0 Å². The molecule has 2 aromatic carbocycles. The number of hydrogen-bond donors (Lipinski definition) is 1. The van der Waals surface area contributed by atoms with Gasteiger partial charge >= 0.3 is 0 Å². The average Bonchev–Trinajstić information content (AvgIpc) is 3.18. The number of benzene rings is 2. The molecule has 3 aromatic rings. The number of aromatic nitrogens is 2. The second-order valence-electron chi connectivity index (χ2n) is 6.16. The van der Waals surface area contributed by atoms with Crippen molar-refractivity contribution in [3.63, 3.8) is 0 Å². The number of aryl methyl sites for hydroxylation is 1. The molecule has 0 spiro atoms. The molecule has 0 atom stereocenters. The maximum atomic E-state index is 12.7. The summed E-state index contributed by atoms with van der Waals surface area (Å²) in [6.45, 7) is 1.84. The highest BCUT2D eigenvalue weighted by Gasteiger charge is 2.22. The summed E-state index contributed by atoms with van der Waals surface area (Å²) < 4.78 is 31.6. The summed E-state index contributed by atoms with van der Waals surface area (Å²) in [7, 11) is -0.839. The lowest BCUT2D eigenvalue weighted by atomic mass is 10.1. The summed E-state index contributed by atoms with van der Waals surface area (Å²) in [6, 6.07) is 9.76. The number of anilines is 1. The van der Waals surface area contributed by atoms with Gasteiger partial charge in [0.15, 0.2) is 0 Å². The molecule has 1 amide bonds. The second-order valence-corrected chi connectivity index (χ2v) is 9.13. The first-order valence-corrected chi connectivity index (χ1v) is 10.3.